The fourth-order valence-corrected chi connectivity index (χ4v) is 2.04. The minimum atomic E-state index is 0.981. The Hall–Kier alpha value is -0.720. The van der Waals surface area contributed by atoms with Gasteiger partial charge in [-0.2, -0.15) is 0 Å². The molecule has 0 radical (unpaired) electrons. The van der Waals surface area contributed by atoms with Crippen molar-refractivity contribution in [2.45, 2.75) is 53.4 Å². The van der Waals surface area contributed by atoms with Crippen molar-refractivity contribution >= 4 is 0 Å². The zero-order chi connectivity index (χ0) is 11.7. The van der Waals surface area contributed by atoms with Crippen LogP contribution in [0.2, 0.25) is 0 Å². The van der Waals surface area contributed by atoms with E-state index in [1.54, 1.807) is 11.3 Å². The molecule has 0 aliphatic carbocycles. The maximum atomic E-state index is 3.84. The van der Waals surface area contributed by atoms with Gasteiger partial charge in [-0.25, -0.2) is 0 Å². The molecule has 0 aromatic rings. The normalized spacial score (nSPS) is 9.87. The third kappa shape index (κ3) is 4.55. The van der Waals surface area contributed by atoms with Gasteiger partial charge in [0.2, 0.25) is 0 Å². The minimum Gasteiger partial charge on any atom is -0.371 e. The van der Waals surface area contributed by atoms with Crippen LogP contribution in [-0.4, -0.2) is 18.0 Å². The van der Waals surface area contributed by atoms with Gasteiger partial charge < -0.3 is 4.90 Å². The minimum absolute atomic E-state index is 0.981. The average molecular weight is 209 g/mol. The van der Waals surface area contributed by atoms with E-state index in [-0.39, 0.29) is 0 Å². The third-order valence-corrected chi connectivity index (χ3v) is 2.86. The molecule has 0 aromatic heterocycles. The highest BCUT2D eigenvalue weighted by molar-refractivity contribution is 5.13. The average Bonchev–Trinajstić information content (AvgIpc) is 2.26. The van der Waals surface area contributed by atoms with Gasteiger partial charge in [0.15, 0.2) is 0 Å². The van der Waals surface area contributed by atoms with Crippen LogP contribution >= 0.6 is 0 Å². The summed E-state index contributed by atoms with van der Waals surface area (Å²) in [5.74, 6) is 0. The summed E-state index contributed by atoms with van der Waals surface area (Å²) in [6, 6.07) is 0. The first-order valence-electron chi connectivity index (χ1n) is 6.31. The van der Waals surface area contributed by atoms with Crippen LogP contribution in [0.4, 0.5) is 0 Å². The molecule has 0 saturated carbocycles. The van der Waals surface area contributed by atoms with Gasteiger partial charge in [-0.1, -0.05) is 38.8 Å². The molecule has 0 aliphatic heterocycles. The molecule has 0 N–H and O–H groups in total. The van der Waals surface area contributed by atoms with Crippen LogP contribution in [0, 0.1) is 0 Å². The SMILES string of the molecule is C=CCN(CC)C(CCC)=C(CC)CC. The van der Waals surface area contributed by atoms with Crippen molar-refractivity contribution in [2.24, 2.45) is 0 Å². The van der Waals surface area contributed by atoms with Crippen molar-refractivity contribution in [1.82, 2.24) is 4.90 Å². The van der Waals surface area contributed by atoms with Gasteiger partial charge in [0, 0.05) is 18.8 Å². The number of hydrogen-bond acceptors (Lipinski definition) is 1. The first kappa shape index (κ1) is 14.3. The Morgan fingerprint density at radius 3 is 2.07 bits per heavy atom. The predicted octanol–water partition coefficient (Wildman–Crippen LogP) is 4.37. The number of likely N-dealkylation sites (N-methyl/N-ethyl adjacent to an activating group) is 1. The van der Waals surface area contributed by atoms with Gasteiger partial charge in [-0.05, 0) is 26.2 Å². The number of nitrogens with zero attached hydrogens (tertiary/aromatic N) is 1. The second kappa shape index (κ2) is 8.58. The molecule has 88 valence electrons. The third-order valence-electron chi connectivity index (χ3n) is 2.86. The van der Waals surface area contributed by atoms with Gasteiger partial charge in [0.05, 0.1) is 0 Å². The van der Waals surface area contributed by atoms with Crippen LogP contribution < -0.4 is 0 Å². The quantitative estimate of drug-likeness (QED) is 0.537. The molecule has 0 spiro atoms. The molecular weight excluding hydrogens is 182 g/mol. The summed E-state index contributed by atoms with van der Waals surface area (Å²) in [7, 11) is 0. The first-order chi connectivity index (χ1) is 7.24. The van der Waals surface area contributed by atoms with E-state index in [2.05, 4.69) is 39.2 Å². The van der Waals surface area contributed by atoms with Crippen LogP contribution in [0.25, 0.3) is 0 Å². The van der Waals surface area contributed by atoms with E-state index in [0.717, 1.165) is 13.1 Å². The maximum Gasteiger partial charge on any atom is 0.0353 e. The van der Waals surface area contributed by atoms with Gasteiger partial charge in [-0.3, -0.25) is 0 Å². The van der Waals surface area contributed by atoms with E-state index in [4.69, 9.17) is 0 Å². The second-order valence-corrected chi connectivity index (χ2v) is 3.83. The van der Waals surface area contributed by atoms with Gasteiger partial charge in [-0.15, -0.1) is 6.58 Å². The van der Waals surface area contributed by atoms with Crippen LogP contribution in [-0.2, 0) is 0 Å². The molecule has 0 atom stereocenters. The predicted molar refractivity (Wildman–Crippen MR) is 70.0 cm³/mol. The Kier molecular flexibility index (Phi) is 8.17. The maximum absolute atomic E-state index is 3.84. The summed E-state index contributed by atoms with van der Waals surface area (Å²) in [4.78, 5) is 2.46. The molecule has 0 saturated heterocycles. The highest BCUT2D eigenvalue weighted by Gasteiger charge is 2.09. The molecule has 0 amide bonds. The first-order valence-corrected chi connectivity index (χ1v) is 6.31. The zero-order valence-electron chi connectivity index (χ0n) is 11.0. The smallest absolute Gasteiger partial charge is 0.0353 e. The van der Waals surface area contributed by atoms with Crippen molar-refractivity contribution in [3.63, 3.8) is 0 Å². The Bertz CT molecular complexity index is 197. The summed E-state index contributed by atoms with van der Waals surface area (Å²) in [6.07, 6.45) is 6.80. The zero-order valence-corrected chi connectivity index (χ0v) is 11.0. The van der Waals surface area contributed by atoms with Crippen molar-refractivity contribution in [1.29, 1.82) is 0 Å². The van der Waals surface area contributed by atoms with Crippen LogP contribution in [0.15, 0.2) is 23.9 Å². The summed E-state index contributed by atoms with van der Waals surface area (Å²) in [6.45, 7) is 14.9. The van der Waals surface area contributed by atoms with Crippen LogP contribution in [0.1, 0.15) is 53.4 Å². The van der Waals surface area contributed by atoms with E-state index in [1.807, 2.05) is 6.08 Å². The molecule has 0 aliphatic rings. The monoisotopic (exact) mass is 209 g/mol. The highest BCUT2D eigenvalue weighted by Crippen LogP contribution is 2.21. The van der Waals surface area contributed by atoms with Crippen molar-refractivity contribution in [2.75, 3.05) is 13.1 Å². The Morgan fingerprint density at radius 1 is 1.13 bits per heavy atom. The molecular formula is C14H27N. The molecule has 0 bridgehead atoms. The molecule has 0 heterocycles. The Labute approximate surface area is 95.9 Å². The number of rotatable bonds is 8. The van der Waals surface area contributed by atoms with Gasteiger partial charge in [0.1, 0.15) is 0 Å². The van der Waals surface area contributed by atoms with Crippen molar-refractivity contribution in [3.05, 3.63) is 23.9 Å². The summed E-state index contributed by atoms with van der Waals surface area (Å²) >= 11 is 0. The van der Waals surface area contributed by atoms with E-state index < -0.39 is 0 Å². The highest BCUT2D eigenvalue weighted by atomic mass is 15.1. The molecule has 1 nitrogen and oxygen atoms in total. The van der Waals surface area contributed by atoms with Crippen LogP contribution in [0.3, 0.4) is 0 Å². The van der Waals surface area contributed by atoms with Crippen molar-refractivity contribution in [3.8, 4) is 0 Å². The van der Waals surface area contributed by atoms with Gasteiger partial charge >= 0.3 is 0 Å². The summed E-state index contributed by atoms with van der Waals surface area (Å²) in [5.41, 5.74) is 3.17. The second-order valence-electron chi connectivity index (χ2n) is 3.83. The van der Waals surface area contributed by atoms with E-state index in [9.17, 15) is 0 Å². The van der Waals surface area contributed by atoms with Crippen molar-refractivity contribution < 1.29 is 0 Å². The molecule has 15 heavy (non-hydrogen) atoms. The molecule has 0 fully saturated rings. The lowest BCUT2D eigenvalue weighted by Gasteiger charge is -2.27. The Balaban J connectivity index is 4.87. The molecule has 0 rings (SSSR count). The van der Waals surface area contributed by atoms with E-state index in [0.29, 0.717) is 0 Å². The fraction of sp³-hybridized carbons (Fsp3) is 0.714. The largest absolute Gasteiger partial charge is 0.371 e. The van der Waals surface area contributed by atoms with E-state index >= 15 is 0 Å². The topological polar surface area (TPSA) is 3.24 Å². The lowest BCUT2D eigenvalue weighted by Crippen LogP contribution is -2.24. The summed E-state index contributed by atoms with van der Waals surface area (Å²) < 4.78 is 0. The summed E-state index contributed by atoms with van der Waals surface area (Å²) in [5, 5.41) is 0. The lowest BCUT2D eigenvalue weighted by atomic mass is 10.0. The number of hydrogen-bond donors (Lipinski definition) is 0. The van der Waals surface area contributed by atoms with Gasteiger partial charge in [0.25, 0.3) is 0 Å². The standard InChI is InChI=1S/C14H27N/c1-6-11-14(13(8-3)9-4)15(10-5)12-7-2/h7H,2,6,8-12H2,1,3-5H3. The van der Waals surface area contributed by atoms with Crippen LogP contribution in [0.5, 0.6) is 0 Å². The number of allylic oxidation sites excluding steroid dienone is 2. The van der Waals surface area contributed by atoms with E-state index in [1.165, 1.54) is 25.7 Å². The molecule has 1 heteroatoms. The molecule has 0 aromatic carbocycles. The fourth-order valence-electron chi connectivity index (χ4n) is 2.04. The Morgan fingerprint density at radius 2 is 1.73 bits per heavy atom. The lowest BCUT2D eigenvalue weighted by molar-refractivity contribution is 0.376. The molecule has 0 unspecified atom stereocenters.